The van der Waals surface area contributed by atoms with Crippen molar-refractivity contribution < 1.29 is 19.5 Å². The summed E-state index contributed by atoms with van der Waals surface area (Å²) in [7, 11) is 1.56. The van der Waals surface area contributed by atoms with Crippen LogP contribution in [0.3, 0.4) is 0 Å². The van der Waals surface area contributed by atoms with Gasteiger partial charge in [-0.15, -0.1) is 0 Å². The first kappa shape index (κ1) is 14.0. The lowest BCUT2D eigenvalue weighted by Gasteiger charge is -2.33. The van der Waals surface area contributed by atoms with Gasteiger partial charge in [0.1, 0.15) is 5.71 Å². The van der Waals surface area contributed by atoms with Crippen molar-refractivity contribution in [1.82, 2.24) is 9.91 Å². The Morgan fingerprint density at radius 3 is 2.48 bits per heavy atom. The van der Waals surface area contributed by atoms with Crippen LogP contribution < -0.4 is 0 Å². The summed E-state index contributed by atoms with van der Waals surface area (Å²) in [4.78, 5) is 36.5. The number of carboxylic acids is 1. The normalized spacial score (nSPS) is 27.6. The molecule has 1 saturated heterocycles. The molecular formula is C14H19N3O4. The molecule has 2 heterocycles. The number of hydrogen-bond donors (Lipinski definition) is 1. The van der Waals surface area contributed by atoms with Gasteiger partial charge in [0.15, 0.2) is 0 Å². The number of piperidine rings is 1. The maximum atomic E-state index is 12.4. The molecule has 7 nitrogen and oxygen atoms in total. The molecule has 0 aromatic carbocycles. The van der Waals surface area contributed by atoms with Crippen molar-refractivity contribution in [2.45, 2.75) is 32.1 Å². The predicted molar refractivity (Wildman–Crippen MR) is 73.4 cm³/mol. The summed E-state index contributed by atoms with van der Waals surface area (Å²) >= 11 is 0. The zero-order valence-corrected chi connectivity index (χ0v) is 12.0. The lowest BCUT2D eigenvalue weighted by Crippen LogP contribution is -2.45. The lowest BCUT2D eigenvalue weighted by atomic mass is 9.90. The first-order chi connectivity index (χ1) is 9.93. The standard InChI is InChI=1S/C14H19N3O4/c1-16-11(18)3-2-10(15-16)12(19)17-6-4-14(5-7-17)8-9(14)13(20)21/h9H,2-8H2,1H3,(H,20,21)/t9-/m1/s1. The number of nitrogens with zero attached hydrogens (tertiary/aromatic N) is 3. The Kier molecular flexibility index (Phi) is 3.22. The average Bonchev–Trinajstić information content (AvgIpc) is 3.16. The van der Waals surface area contributed by atoms with Crippen LogP contribution in [-0.2, 0) is 14.4 Å². The predicted octanol–water partition coefficient (Wildman–Crippen LogP) is 0.308. The largest absolute Gasteiger partial charge is 0.481 e. The van der Waals surface area contributed by atoms with Gasteiger partial charge in [0, 0.05) is 33.0 Å². The molecule has 0 aromatic heterocycles. The highest BCUT2D eigenvalue weighted by atomic mass is 16.4. The van der Waals surface area contributed by atoms with E-state index in [0.717, 1.165) is 19.3 Å². The molecule has 1 spiro atoms. The number of carbonyl (C=O) groups excluding carboxylic acids is 2. The smallest absolute Gasteiger partial charge is 0.307 e. The molecule has 1 aliphatic carbocycles. The lowest BCUT2D eigenvalue weighted by molar-refractivity contribution is -0.139. The van der Waals surface area contributed by atoms with E-state index in [-0.39, 0.29) is 23.1 Å². The molecule has 0 unspecified atom stereocenters. The van der Waals surface area contributed by atoms with Crippen molar-refractivity contribution in [3.63, 3.8) is 0 Å². The van der Waals surface area contributed by atoms with Crippen LogP contribution in [-0.4, -0.2) is 58.6 Å². The van der Waals surface area contributed by atoms with Crippen molar-refractivity contribution in [3.8, 4) is 0 Å². The first-order valence-electron chi connectivity index (χ1n) is 7.29. The van der Waals surface area contributed by atoms with E-state index in [1.54, 1.807) is 11.9 Å². The van der Waals surface area contributed by atoms with E-state index >= 15 is 0 Å². The monoisotopic (exact) mass is 293 g/mol. The van der Waals surface area contributed by atoms with Gasteiger partial charge in [-0.05, 0) is 24.7 Å². The molecule has 2 amide bonds. The van der Waals surface area contributed by atoms with Gasteiger partial charge in [0.25, 0.3) is 5.91 Å². The number of aliphatic carboxylic acids is 1. The molecule has 1 atom stereocenters. The van der Waals surface area contributed by atoms with Gasteiger partial charge in [0.05, 0.1) is 5.92 Å². The van der Waals surface area contributed by atoms with E-state index in [0.29, 0.717) is 31.6 Å². The van der Waals surface area contributed by atoms with Crippen LogP contribution in [0.25, 0.3) is 0 Å². The van der Waals surface area contributed by atoms with E-state index in [4.69, 9.17) is 5.11 Å². The summed E-state index contributed by atoms with van der Waals surface area (Å²) in [5.74, 6) is -1.14. The Morgan fingerprint density at radius 2 is 1.95 bits per heavy atom. The molecular weight excluding hydrogens is 274 g/mol. The maximum Gasteiger partial charge on any atom is 0.307 e. The topological polar surface area (TPSA) is 90.3 Å². The van der Waals surface area contributed by atoms with Gasteiger partial charge < -0.3 is 10.0 Å². The van der Waals surface area contributed by atoms with Gasteiger partial charge in [-0.25, -0.2) is 5.01 Å². The van der Waals surface area contributed by atoms with Crippen LogP contribution in [0.2, 0.25) is 0 Å². The van der Waals surface area contributed by atoms with Crippen molar-refractivity contribution in [2.24, 2.45) is 16.4 Å². The fourth-order valence-electron chi connectivity index (χ4n) is 3.41. The Morgan fingerprint density at radius 1 is 1.29 bits per heavy atom. The van der Waals surface area contributed by atoms with Crippen molar-refractivity contribution in [3.05, 3.63) is 0 Å². The van der Waals surface area contributed by atoms with E-state index in [2.05, 4.69) is 5.10 Å². The summed E-state index contributed by atoms with van der Waals surface area (Å²) in [6.07, 6.45) is 2.94. The highest BCUT2D eigenvalue weighted by Gasteiger charge is 2.59. The zero-order valence-electron chi connectivity index (χ0n) is 12.0. The molecule has 1 saturated carbocycles. The van der Waals surface area contributed by atoms with E-state index in [1.807, 2.05) is 0 Å². The summed E-state index contributed by atoms with van der Waals surface area (Å²) < 4.78 is 0. The molecule has 114 valence electrons. The van der Waals surface area contributed by atoms with E-state index in [1.165, 1.54) is 5.01 Å². The molecule has 1 N–H and O–H groups in total. The highest BCUT2D eigenvalue weighted by molar-refractivity contribution is 6.39. The molecule has 21 heavy (non-hydrogen) atoms. The second-order valence-corrected chi connectivity index (χ2v) is 6.21. The van der Waals surface area contributed by atoms with Crippen molar-refractivity contribution >= 4 is 23.5 Å². The SMILES string of the molecule is CN1N=C(C(=O)N2CCC3(CC2)C[C@@H]3C(=O)O)CCC1=O. The average molecular weight is 293 g/mol. The maximum absolute atomic E-state index is 12.4. The number of amides is 2. The summed E-state index contributed by atoms with van der Waals surface area (Å²) in [5, 5.41) is 14.3. The summed E-state index contributed by atoms with van der Waals surface area (Å²) in [6.45, 7) is 1.17. The van der Waals surface area contributed by atoms with Crippen molar-refractivity contribution in [2.75, 3.05) is 20.1 Å². The minimum Gasteiger partial charge on any atom is -0.481 e. The Bertz CT molecular complexity index is 534. The Hall–Kier alpha value is -1.92. The van der Waals surface area contributed by atoms with E-state index < -0.39 is 5.97 Å². The van der Waals surface area contributed by atoms with Crippen LogP contribution in [0.5, 0.6) is 0 Å². The summed E-state index contributed by atoms with van der Waals surface area (Å²) in [6, 6.07) is 0. The van der Waals surface area contributed by atoms with Crippen molar-refractivity contribution in [1.29, 1.82) is 0 Å². The second kappa shape index (κ2) is 4.82. The minimum absolute atomic E-state index is 0.0774. The Labute approximate surface area is 122 Å². The minimum atomic E-state index is -0.716. The first-order valence-corrected chi connectivity index (χ1v) is 7.29. The van der Waals surface area contributed by atoms with Crippen LogP contribution in [0.1, 0.15) is 32.1 Å². The molecule has 7 heteroatoms. The molecule has 2 aliphatic heterocycles. The fraction of sp³-hybridized carbons (Fsp3) is 0.714. The second-order valence-electron chi connectivity index (χ2n) is 6.21. The number of rotatable bonds is 2. The molecule has 0 aromatic rings. The van der Waals surface area contributed by atoms with E-state index in [9.17, 15) is 14.4 Å². The molecule has 3 rings (SSSR count). The van der Waals surface area contributed by atoms with Gasteiger partial charge in [-0.3, -0.25) is 14.4 Å². The quantitative estimate of drug-likeness (QED) is 0.793. The van der Waals surface area contributed by atoms with Crippen LogP contribution in [0.15, 0.2) is 5.10 Å². The molecule has 0 radical (unpaired) electrons. The molecule has 3 aliphatic rings. The fourth-order valence-corrected chi connectivity index (χ4v) is 3.41. The number of likely N-dealkylation sites (tertiary alicyclic amines) is 1. The number of hydrogen-bond acceptors (Lipinski definition) is 4. The number of carboxylic acid groups (broad SMARTS) is 1. The van der Waals surface area contributed by atoms with Gasteiger partial charge in [-0.2, -0.15) is 5.10 Å². The summed E-state index contributed by atoms with van der Waals surface area (Å²) in [5.41, 5.74) is 0.350. The van der Waals surface area contributed by atoms with Gasteiger partial charge >= 0.3 is 5.97 Å². The van der Waals surface area contributed by atoms with Crippen LogP contribution >= 0.6 is 0 Å². The van der Waals surface area contributed by atoms with Gasteiger partial charge in [-0.1, -0.05) is 0 Å². The third-order valence-corrected chi connectivity index (χ3v) is 4.99. The Balaban J connectivity index is 1.60. The molecule has 0 bridgehead atoms. The number of hydrazone groups is 1. The highest BCUT2D eigenvalue weighted by Crippen LogP contribution is 2.59. The van der Waals surface area contributed by atoms with Crippen LogP contribution in [0.4, 0.5) is 0 Å². The third-order valence-electron chi connectivity index (χ3n) is 4.99. The third kappa shape index (κ3) is 2.41. The zero-order chi connectivity index (χ0) is 15.2. The van der Waals surface area contributed by atoms with Gasteiger partial charge in [0.2, 0.25) is 5.91 Å². The van der Waals surface area contributed by atoms with Crippen LogP contribution in [0, 0.1) is 11.3 Å². The molecule has 2 fully saturated rings. The number of carbonyl (C=O) groups is 3.